The predicted octanol–water partition coefficient (Wildman–Crippen LogP) is 0.553. The Morgan fingerprint density at radius 2 is 1.86 bits per heavy atom. The molecule has 1 saturated heterocycles. The number of sulfonamides is 1. The second kappa shape index (κ2) is 9.65. The monoisotopic (exact) mass is 412 g/mol. The smallest absolute Gasteiger partial charge is 0.338 e. The third-order valence-corrected chi connectivity index (χ3v) is 5.86. The molecule has 0 saturated carbocycles. The van der Waals surface area contributed by atoms with Gasteiger partial charge in [-0.2, -0.15) is 0 Å². The normalized spacial score (nSPS) is 15.1. The van der Waals surface area contributed by atoms with E-state index in [1.54, 1.807) is 6.92 Å². The van der Waals surface area contributed by atoms with Gasteiger partial charge in [0.1, 0.15) is 0 Å². The zero-order valence-corrected chi connectivity index (χ0v) is 16.7. The van der Waals surface area contributed by atoms with Crippen molar-refractivity contribution in [2.75, 3.05) is 33.4 Å². The van der Waals surface area contributed by atoms with Crippen molar-refractivity contribution in [3.8, 4) is 0 Å². The van der Waals surface area contributed by atoms with Crippen LogP contribution in [0, 0.1) is 5.92 Å². The SMILES string of the molecule is CCOC(=O)C1CCN(C(=O)COC(=O)c2cccc(S(=O)(=O)NC)c2)CC1. The van der Waals surface area contributed by atoms with Crippen molar-refractivity contribution >= 4 is 27.9 Å². The van der Waals surface area contributed by atoms with Crippen LogP contribution >= 0.6 is 0 Å². The van der Waals surface area contributed by atoms with Gasteiger partial charge >= 0.3 is 11.9 Å². The minimum atomic E-state index is -3.69. The molecule has 2 rings (SSSR count). The van der Waals surface area contributed by atoms with Crippen LogP contribution in [0.5, 0.6) is 0 Å². The van der Waals surface area contributed by atoms with Crippen LogP contribution in [-0.2, 0) is 29.1 Å². The Bertz CT molecular complexity index is 830. The molecule has 1 heterocycles. The van der Waals surface area contributed by atoms with Gasteiger partial charge in [-0.25, -0.2) is 17.9 Å². The fourth-order valence-corrected chi connectivity index (χ4v) is 3.61. The van der Waals surface area contributed by atoms with Crippen molar-refractivity contribution in [2.45, 2.75) is 24.7 Å². The summed E-state index contributed by atoms with van der Waals surface area (Å²) in [5, 5.41) is 0. The number of rotatable bonds is 7. The van der Waals surface area contributed by atoms with E-state index < -0.39 is 22.6 Å². The average Bonchev–Trinajstić information content (AvgIpc) is 2.72. The molecule has 1 N–H and O–H groups in total. The topological polar surface area (TPSA) is 119 Å². The van der Waals surface area contributed by atoms with Crippen molar-refractivity contribution in [3.05, 3.63) is 29.8 Å². The summed E-state index contributed by atoms with van der Waals surface area (Å²) in [6.45, 7) is 2.39. The number of amides is 1. The van der Waals surface area contributed by atoms with Gasteiger partial charge in [0.2, 0.25) is 10.0 Å². The van der Waals surface area contributed by atoms with Crippen LogP contribution in [0.3, 0.4) is 0 Å². The van der Waals surface area contributed by atoms with E-state index in [2.05, 4.69) is 4.72 Å². The molecule has 0 aliphatic carbocycles. The molecule has 0 aromatic heterocycles. The van der Waals surface area contributed by atoms with Gasteiger partial charge in [-0.3, -0.25) is 9.59 Å². The summed E-state index contributed by atoms with van der Waals surface area (Å²) >= 11 is 0. The number of nitrogens with zero attached hydrogens (tertiary/aromatic N) is 1. The molecule has 1 aromatic rings. The van der Waals surface area contributed by atoms with E-state index in [1.165, 1.54) is 36.2 Å². The van der Waals surface area contributed by atoms with Crippen LogP contribution in [-0.4, -0.2) is 64.5 Å². The number of piperidine rings is 1. The van der Waals surface area contributed by atoms with E-state index in [0.29, 0.717) is 32.5 Å². The summed E-state index contributed by atoms with van der Waals surface area (Å²) in [6, 6.07) is 5.36. The lowest BCUT2D eigenvalue weighted by Gasteiger charge is -2.30. The highest BCUT2D eigenvalue weighted by Crippen LogP contribution is 2.19. The largest absolute Gasteiger partial charge is 0.466 e. The van der Waals surface area contributed by atoms with Crippen molar-refractivity contribution in [2.24, 2.45) is 5.92 Å². The predicted molar refractivity (Wildman–Crippen MR) is 98.9 cm³/mol. The molecule has 1 aliphatic rings. The maximum Gasteiger partial charge on any atom is 0.338 e. The summed E-state index contributed by atoms with van der Waals surface area (Å²) in [6.07, 6.45) is 1.00. The van der Waals surface area contributed by atoms with Gasteiger partial charge in [-0.15, -0.1) is 0 Å². The standard InChI is InChI=1S/C18H24N2O7S/c1-3-26-17(22)13-7-9-20(10-8-13)16(21)12-27-18(23)14-5-4-6-15(11-14)28(24,25)19-2/h4-6,11,13,19H,3,7-10,12H2,1-2H3. The first kappa shape index (κ1) is 21.8. The van der Waals surface area contributed by atoms with Gasteiger partial charge in [0.05, 0.1) is 23.0 Å². The Morgan fingerprint density at radius 1 is 1.18 bits per heavy atom. The van der Waals surface area contributed by atoms with E-state index in [0.717, 1.165) is 0 Å². The van der Waals surface area contributed by atoms with Gasteiger partial charge in [-0.05, 0) is 45.0 Å². The number of likely N-dealkylation sites (tertiary alicyclic amines) is 1. The van der Waals surface area contributed by atoms with E-state index in [-0.39, 0.29) is 28.3 Å². The summed E-state index contributed by atoms with van der Waals surface area (Å²) in [5.41, 5.74) is 0.0325. The number of nitrogens with one attached hydrogen (secondary N) is 1. The first-order valence-corrected chi connectivity index (χ1v) is 10.4. The number of ether oxygens (including phenoxy) is 2. The van der Waals surface area contributed by atoms with Gasteiger partial charge in [-0.1, -0.05) is 6.07 Å². The lowest BCUT2D eigenvalue weighted by atomic mass is 9.97. The maximum atomic E-state index is 12.2. The molecule has 1 aliphatic heterocycles. The Morgan fingerprint density at radius 3 is 2.46 bits per heavy atom. The highest BCUT2D eigenvalue weighted by molar-refractivity contribution is 7.89. The quantitative estimate of drug-likeness (QED) is 0.650. The highest BCUT2D eigenvalue weighted by atomic mass is 32.2. The van der Waals surface area contributed by atoms with Crippen molar-refractivity contribution < 1.29 is 32.3 Å². The minimum Gasteiger partial charge on any atom is -0.466 e. The number of esters is 2. The van der Waals surface area contributed by atoms with Crippen LogP contribution in [0.15, 0.2) is 29.2 Å². The zero-order chi connectivity index (χ0) is 20.7. The molecule has 28 heavy (non-hydrogen) atoms. The number of carbonyl (C=O) groups is 3. The molecule has 10 heteroatoms. The summed E-state index contributed by atoms with van der Waals surface area (Å²) < 4.78 is 35.8. The number of benzene rings is 1. The Kier molecular flexibility index (Phi) is 7.53. The fourth-order valence-electron chi connectivity index (χ4n) is 2.83. The number of hydrogen-bond acceptors (Lipinski definition) is 7. The Balaban J connectivity index is 1.87. The van der Waals surface area contributed by atoms with E-state index in [1.807, 2.05) is 0 Å². The fraction of sp³-hybridized carbons (Fsp3) is 0.500. The molecule has 1 aromatic carbocycles. The van der Waals surface area contributed by atoms with Crippen LogP contribution in [0.4, 0.5) is 0 Å². The second-order valence-corrected chi connectivity index (χ2v) is 8.11. The van der Waals surface area contributed by atoms with E-state index >= 15 is 0 Å². The lowest BCUT2D eigenvalue weighted by Crippen LogP contribution is -2.42. The van der Waals surface area contributed by atoms with Crippen molar-refractivity contribution in [1.82, 2.24) is 9.62 Å². The Labute approximate surface area is 164 Å². The third kappa shape index (κ3) is 5.52. The molecular formula is C18H24N2O7S. The molecule has 0 bridgehead atoms. The summed E-state index contributed by atoms with van der Waals surface area (Å²) in [7, 11) is -2.42. The third-order valence-electron chi connectivity index (χ3n) is 4.44. The average molecular weight is 412 g/mol. The molecule has 1 amide bonds. The first-order valence-electron chi connectivity index (χ1n) is 8.93. The lowest BCUT2D eigenvalue weighted by molar-refractivity contribution is -0.151. The van der Waals surface area contributed by atoms with Crippen LogP contribution in [0.25, 0.3) is 0 Å². The number of hydrogen-bond donors (Lipinski definition) is 1. The molecule has 0 radical (unpaired) electrons. The zero-order valence-electron chi connectivity index (χ0n) is 15.8. The number of carbonyl (C=O) groups excluding carboxylic acids is 3. The molecule has 0 spiro atoms. The molecule has 154 valence electrons. The van der Waals surface area contributed by atoms with Crippen LogP contribution < -0.4 is 4.72 Å². The molecule has 9 nitrogen and oxygen atoms in total. The van der Waals surface area contributed by atoms with Gasteiger partial charge < -0.3 is 14.4 Å². The molecule has 0 unspecified atom stereocenters. The van der Waals surface area contributed by atoms with Crippen molar-refractivity contribution in [3.63, 3.8) is 0 Å². The highest BCUT2D eigenvalue weighted by Gasteiger charge is 2.28. The summed E-state index contributed by atoms with van der Waals surface area (Å²) in [4.78, 5) is 37.6. The molecule has 1 fully saturated rings. The molecule has 0 atom stereocenters. The van der Waals surface area contributed by atoms with Gasteiger partial charge in [0.25, 0.3) is 5.91 Å². The minimum absolute atomic E-state index is 0.0325. The first-order chi connectivity index (χ1) is 13.3. The van der Waals surface area contributed by atoms with E-state index in [9.17, 15) is 22.8 Å². The van der Waals surface area contributed by atoms with E-state index in [4.69, 9.17) is 9.47 Å². The Hall–Kier alpha value is -2.46. The van der Waals surface area contributed by atoms with Gasteiger partial charge in [0, 0.05) is 13.1 Å². The maximum absolute atomic E-state index is 12.2. The van der Waals surface area contributed by atoms with Gasteiger partial charge in [0.15, 0.2) is 6.61 Å². The van der Waals surface area contributed by atoms with Crippen molar-refractivity contribution in [1.29, 1.82) is 0 Å². The van der Waals surface area contributed by atoms with Crippen LogP contribution in [0.2, 0.25) is 0 Å². The van der Waals surface area contributed by atoms with Crippen LogP contribution in [0.1, 0.15) is 30.1 Å². The molecular weight excluding hydrogens is 388 g/mol. The summed E-state index contributed by atoms with van der Waals surface area (Å²) in [5.74, 6) is -1.63. The second-order valence-electron chi connectivity index (χ2n) is 6.22.